The molecule has 0 aliphatic carbocycles. The number of hydrogen-bond acceptors (Lipinski definition) is 4. The summed E-state index contributed by atoms with van der Waals surface area (Å²) in [5.74, 6) is -0.274. The average molecular weight is 303 g/mol. The molecule has 0 spiro atoms. The Hall–Kier alpha value is -1.65. The summed E-state index contributed by atoms with van der Waals surface area (Å²) >= 11 is 0. The Morgan fingerprint density at radius 1 is 1.41 bits per heavy atom. The minimum absolute atomic E-state index is 0.0881. The maximum atomic E-state index is 12.2. The summed E-state index contributed by atoms with van der Waals surface area (Å²) in [6.07, 6.45) is 1.59. The third kappa shape index (κ3) is 3.23. The van der Waals surface area contributed by atoms with Gasteiger partial charge in [-0.15, -0.1) is 0 Å². The molecule has 0 radical (unpaired) electrons. The predicted octanol–water partition coefficient (Wildman–Crippen LogP) is 2.60. The Kier molecular flexibility index (Phi) is 5.37. The van der Waals surface area contributed by atoms with Crippen molar-refractivity contribution in [3.8, 4) is 0 Å². The fourth-order valence-electron chi connectivity index (χ4n) is 2.80. The standard InChI is InChI=1S/C18H25NO3/c1-5-10-22-17(20)16(13(2)3)14-6-8-15(9-7-14)18(19-4)11-21-12-18/h5-9,13,16,19H,1,10-12H2,2-4H3. The molecule has 4 heteroatoms. The molecule has 1 heterocycles. The van der Waals surface area contributed by atoms with Gasteiger partial charge in [-0.25, -0.2) is 0 Å². The number of carbonyl (C=O) groups is 1. The number of ether oxygens (including phenoxy) is 2. The highest BCUT2D eigenvalue weighted by atomic mass is 16.5. The molecule has 0 amide bonds. The van der Waals surface area contributed by atoms with Crippen LogP contribution in [0.2, 0.25) is 0 Å². The van der Waals surface area contributed by atoms with E-state index in [1.165, 1.54) is 5.56 Å². The Labute approximate surface area is 132 Å². The Bertz CT molecular complexity index is 512. The predicted molar refractivity (Wildman–Crippen MR) is 86.7 cm³/mol. The zero-order valence-corrected chi connectivity index (χ0v) is 13.6. The van der Waals surface area contributed by atoms with E-state index in [1.54, 1.807) is 6.08 Å². The zero-order valence-electron chi connectivity index (χ0n) is 13.6. The first-order chi connectivity index (χ1) is 10.5. The zero-order chi connectivity index (χ0) is 16.2. The van der Waals surface area contributed by atoms with Crippen LogP contribution in [-0.4, -0.2) is 32.8 Å². The molecule has 1 aromatic carbocycles. The molecule has 4 nitrogen and oxygen atoms in total. The molecular formula is C18H25NO3. The first-order valence-corrected chi connectivity index (χ1v) is 7.68. The summed E-state index contributed by atoms with van der Waals surface area (Å²) in [6, 6.07) is 8.19. The van der Waals surface area contributed by atoms with Gasteiger partial charge in [-0.05, 0) is 24.1 Å². The molecule has 1 N–H and O–H groups in total. The van der Waals surface area contributed by atoms with Crippen molar-refractivity contribution in [1.29, 1.82) is 0 Å². The molecule has 120 valence electrons. The van der Waals surface area contributed by atoms with Crippen molar-refractivity contribution in [2.75, 3.05) is 26.9 Å². The Morgan fingerprint density at radius 3 is 2.45 bits per heavy atom. The monoisotopic (exact) mass is 303 g/mol. The first kappa shape index (κ1) is 16.7. The Balaban J connectivity index is 2.19. The van der Waals surface area contributed by atoms with Gasteiger partial charge in [-0.3, -0.25) is 4.79 Å². The quantitative estimate of drug-likeness (QED) is 0.621. The van der Waals surface area contributed by atoms with Crippen LogP contribution in [0.3, 0.4) is 0 Å². The lowest BCUT2D eigenvalue weighted by Gasteiger charge is -2.41. The van der Waals surface area contributed by atoms with Gasteiger partial charge >= 0.3 is 5.97 Å². The molecule has 1 aromatic rings. The number of hydrogen-bond donors (Lipinski definition) is 1. The van der Waals surface area contributed by atoms with Crippen LogP contribution >= 0.6 is 0 Å². The van der Waals surface area contributed by atoms with Gasteiger partial charge < -0.3 is 14.8 Å². The van der Waals surface area contributed by atoms with Crippen molar-refractivity contribution in [2.45, 2.75) is 25.3 Å². The van der Waals surface area contributed by atoms with Crippen LogP contribution < -0.4 is 5.32 Å². The summed E-state index contributed by atoms with van der Waals surface area (Å²) in [7, 11) is 1.94. The number of nitrogens with one attached hydrogen (secondary N) is 1. The average Bonchev–Trinajstić information content (AvgIpc) is 2.46. The summed E-state index contributed by atoms with van der Waals surface area (Å²) in [5, 5.41) is 3.33. The SMILES string of the molecule is C=CCOC(=O)C(c1ccc(C2(NC)COC2)cc1)C(C)C. The lowest BCUT2D eigenvalue weighted by molar-refractivity contribution is -0.145. The van der Waals surface area contributed by atoms with Gasteiger partial charge in [0, 0.05) is 0 Å². The van der Waals surface area contributed by atoms with E-state index in [0.717, 1.165) is 5.56 Å². The second-order valence-corrected chi connectivity index (χ2v) is 6.09. The van der Waals surface area contributed by atoms with E-state index in [4.69, 9.17) is 9.47 Å². The van der Waals surface area contributed by atoms with Crippen LogP contribution in [0.25, 0.3) is 0 Å². The van der Waals surface area contributed by atoms with Crippen molar-refractivity contribution in [3.05, 3.63) is 48.0 Å². The van der Waals surface area contributed by atoms with Crippen LogP contribution in [0.1, 0.15) is 30.9 Å². The van der Waals surface area contributed by atoms with Gasteiger partial charge in [-0.1, -0.05) is 50.8 Å². The number of rotatable bonds is 7. The largest absolute Gasteiger partial charge is 0.461 e. The number of likely N-dealkylation sites (N-methyl/N-ethyl adjacent to an activating group) is 1. The van der Waals surface area contributed by atoms with Crippen molar-refractivity contribution in [3.63, 3.8) is 0 Å². The maximum Gasteiger partial charge on any atom is 0.313 e. The van der Waals surface area contributed by atoms with Gasteiger partial charge in [0.15, 0.2) is 0 Å². The maximum absolute atomic E-state index is 12.2. The summed E-state index contributed by atoms with van der Waals surface area (Å²) in [4.78, 5) is 12.2. The van der Waals surface area contributed by atoms with Crippen LogP contribution in [-0.2, 0) is 19.8 Å². The van der Waals surface area contributed by atoms with Crippen LogP contribution in [0, 0.1) is 5.92 Å². The second kappa shape index (κ2) is 7.07. The van der Waals surface area contributed by atoms with Gasteiger partial charge in [0.1, 0.15) is 6.61 Å². The number of esters is 1. The third-order valence-corrected chi connectivity index (χ3v) is 4.26. The molecule has 1 unspecified atom stereocenters. The highest BCUT2D eigenvalue weighted by molar-refractivity contribution is 5.78. The number of benzene rings is 1. The smallest absolute Gasteiger partial charge is 0.313 e. The van der Waals surface area contributed by atoms with Crippen LogP contribution in [0.15, 0.2) is 36.9 Å². The molecule has 2 rings (SSSR count). The minimum atomic E-state index is -0.253. The van der Waals surface area contributed by atoms with Crippen molar-refractivity contribution < 1.29 is 14.3 Å². The lowest BCUT2D eigenvalue weighted by atomic mass is 9.84. The Morgan fingerprint density at radius 2 is 2.05 bits per heavy atom. The van der Waals surface area contributed by atoms with E-state index in [9.17, 15) is 4.79 Å². The molecule has 22 heavy (non-hydrogen) atoms. The van der Waals surface area contributed by atoms with E-state index in [2.05, 4.69) is 24.0 Å². The van der Waals surface area contributed by atoms with Gasteiger partial charge in [0.05, 0.1) is 24.7 Å². The molecule has 1 atom stereocenters. The number of carbonyl (C=O) groups excluding carboxylic acids is 1. The van der Waals surface area contributed by atoms with Gasteiger partial charge in [0.2, 0.25) is 0 Å². The minimum Gasteiger partial charge on any atom is -0.461 e. The van der Waals surface area contributed by atoms with E-state index in [1.807, 2.05) is 33.0 Å². The van der Waals surface area contributed by atoms with Crippen molar-refractivity contribution >= 4 is 5.97 Å². The lowest BCUT2D eigenvalue weighted by Crippen LogP contribution is -2.56. The topological polar surface area (TPSA) is 47.6 Å². The summed E-state index contributed by atoms with van der Waals surface area (Å²) < 4.78 is 10.6. The van der Waals surface area contributed by atoms with Crippen LogP contribution in [0.4, 0.5) is 0 Å². The fourth-order valence-corrected chi connectivity index (χ4v) is 2.80. The summed E-state index contributed by atoms with van der Waals surface area (Å²) in [5.41, 5.74) is 2.08. The fraction of sp³-hybridized carbons (Fsp3) is 0.500. The van der Waals surface area contributed by atoms with Gasteiger partial charge in [0.25, 0.3) is 0 Å². The first-order valence-electron chi connectivity index (χ1n) is 7.68. The molecule has 1 aliphatic heterocycles. The van der Waals surface area contributed by atoms with E-state index >= 15 is 0 Å². The highest BCUT2D eigenvalue weighted by Gasteiger charge is 2.38. The summed E-state index contributed by atoms with van der Waals surface area (Å²) in [6.45, 7) is 9.25. The molecule has 1 fully saturated rings. The van der Waals surface area contributed by atoms with Crippen molar-refractivity contribution in [2.24, 2.45) is 5.92 Å². The van der Waals surface area contributed by atoms with E-state index < -0.39 is 0 Å². The second-order valence-electron chi connectivity index (χ2n) is 6.09. The molecule has 0 bridgehead atoms. The third-order valence-electron chi connectivity index (χ3n) is 4.26. The molecule has 0 saturated carbocycles. The normalized spacial score (nSPS) is 17.6. The van der Waals surface area contributed by atoms with Crippen molar-refractivity contribution in [1.82, 2.24) is 5.32 Å². The van der Waals surface area contributed by atoms with E-state index in [-0.39, 0.29) is 30.0 Å². The van der Waals surface area contributed by atoms with E-state index in [0.29, 0.717) is 13.2 Å². The van der Waals surface area contributed by atoms with Gasteiger partial charge in [-0.2, -0.15) is 0 Å². The molecular weight excluding hydrogens is 278 g/mol. The molecule has 1 aliphatic rings. The molecule has 1 saturated heterocycles. The van der Waals surface area contributed by atoms with Crippen LogP contribution in [0.5, 0.6) is 0 Å². The molecule has 0 aromatic heterocycles. The highest BCUT2D eigenvalue weighted by Crippen LogP contribution is 2.32.